The summed E-state index contributed by atoms with van der Waals surface area (Å²) in [6.07, 6.45) is 3.43. The number of aromatic nitrogens is 3. The van der Waals surface area contributed by atoms with Gasteiger partial charge in [0.05, 0.1) is 12.2 Å². The first-order valence-electron chi connectivity index (χ1n) is 11.1. The van der Waals surface area contributed by atoms with Crippen molar-refractivity contribution in [2.45, 2.75) is 13.5 Å². The number of pyridine rings is 1. The molecule has 9 nitrogen and oxygen atoms in total. The van der Waals surface area contributed by atoms with E-state index in [0.29, 0.717) is 43.2 Å². The number of aliphatic hydroxyl groups excluding tert-OH is 1. The van der Waals surface area contributed by atoms with Crippen molar-refractivity contribution >= 4 is 17.2 Å². The van der Waals surface area contributed by atoms with Crippen molar-refractivity contribution in [3.8, 4) is 22.6 Å². The standard InChI is InChI=1S/C25H25N5O4/c1-16-19(18-5-6-22-23(12-18)34-10-9-33-22)3-2-4-21(16)28-25(32)20-11-17(13-26-7-8-31)14-30-15-27-29-24(20)30/h2-6,11-12,14-15,26,31H,7-10,13H2,1H3,(H,28,32). The first-order valence-corrected chi connectivity index (χ1v) is 11.1. The summed E-state index contributed by atoms with van der Waals surface area (Å²) < 4.78 is 13.1. The monoisotopic (exact) mass is 459 g/mol. The molecule has 9 heteroatoms. The Labute approximate surface area is 196 Å². The molecule has 0 aliphatic carbocycles. The van der Waals surface area contributed by atoms with Gasteiger partial charge in [0.25, 0.3) is 5.91 Å². The lowest BCUT2D eigenvalue weighted by Gasteiger charge is -2.20. The molecule has 0 spiro atoms. The van der Waals surface area contributed by atoms with Gasteiger partial charge in [-0.05, 0) is 53.4 Å². The molecular formula is C25H25N5O4. The molecule has 0 saturated heterocycles. The second kappa shape index (κ2) is 9.50. The van der Waals surface area contributed by atoms with Gasteiger partial charge in [-0.3, -0.25) is 9.20 Å². The Morgan fingerprint density at radius 1 is 1.15 bits per heavy atom. The molecule has 2 aromatic carbocycles. The van der Waals surface area contributed by atoms with Crippen molar-refractivity contribution < 1.29 is 19.4 Å². The number of rotatable bonds is 7. The summed E-state index contributed by atoms with van der Waals surface area (Å²) in [5.74, 6) is 1.19. The largest absolute Gasteiger partial charge is 0.486 e. The van der Waals surface area contributed by atoms with Crippen LogP contribution in [0.1, 0.15) is 21.5 Å². The fraction of sp³-hybridized carbons (Fsp3) is 0.240. The lowest BCUT2D eigenvalue weighted by atomic mass is 9.98. The molecule has 0 bridgehead atoms. The Morgan fingerprint density at radius 3 is 2.85 bits per heavy atom. The quantitative estimate of drug-likeness (QED) is 0.365. The van der Waals surface area contributed by atoms with Gasteiger partial charge in [0.15, 0.2) is 17.1 Å². The highest BCUT2D eigenvalue weighted by molar-refractivity contribution is 6.09. The van der Waals surface area contributed by atoms with Gasteiger partial charge in [-0.2, -0.15) is 0 Å². The fourth-order valence-electron chi connectivity index (χ4n) is 4.06. The van der Waals surface area contributed by atoms with E-state index in [9.17, 15) is 4.79 Å². The van der Waals surface area contributed by atoms with Gasteiger partial charge < -0.3 is 25.2 Å². The molecule has 34 heavy (non-hydrogen) atoms. The molecule has 1 amide bonds. The third kappa shape index (κ3) is 4.30. The maximum absolute atomic E-state index is 13.3. The van der Waals surface area contributed by atoms with Crippen LogP contribution >= 0.6 is 0 Å². The molecule has 1 aliphatic rings. The SMILES string of the molecule is Cc1c(NC(=O)c2cc(CNCCO)cn3cnnc23)cccc1-c1ccc2c(c1)OCCO2. The summed E-state index contributed by atoms with van der Waals surface area (Å²) in [5, 5.41) is 23.2. The number of hydrogen-bond donors (Lipinski definition) is 3. The molecule has 3 N–H and O–H groups in total. The number of carbonyl (C=O) groups excluding carboxylic acids is 1. The maximum Gasteiger partial charge on any atom is 0.259 e. The van der Waals surface area contributed by atoms with Crippen molar-refractivity contribution in [1.29, 1.82) is 0 Å². The van der Waals surface area contributed by atoms with Crippen LogP contribution in [0.4, 0.5) is 5.69 Å². The van der Waals surface area contributed by atoms with E-state index < -0.39 is 0 Å². The number of carbonyl (C=O) groups is 1. The number of hydrogen-bond acceptors (Lipinski definition) is 7. The minimum absolute atomic E-state index is 0.0429. The molecular weight excluding hydrogens is 434 g/mol. The molecule has 4 aromatic rings. The molecule has 1 aliphatic heterocycles. The molecule has 3 heterocycles. The van der Waals surface area contributed by atoms with E-state index in [1.807, 2.05) is 49.5 Å². The van der Waals surface area contributed by atoms with Crippen LogP contribution in [-0.2, 0) is 6.54 Å². The lowest BCUT2D eigenvalue weighted by molar-refractivity contribution is 0.102. The number of ether oxygens (including phenoxy) is 2. The Kier molecular flexibility index (Phi) is 6.11. The predicted octanol–water partition coefficient (Wildman–Crippen LogP) is 2.81. The van der Waals surface area contributed by atoms with Gasteiger partial charge >= 0.3 is 0 Å². The van der Waals surface area contributed by atoms with Crippen molar-refractivity contribution in [2.24, 2.45) is 0 Å². The van der Waals surface area contributed by atoms with Crippen LogP contribution in [0.2, 0.25) is 0 Å². The van der Waals surface area contributed by atoms with Crippen molar-refractivity contribution in [1.82, 2.24) is 19.9 Å². The highest BCUT2D eigenvalue weighted by Gasteiger charge is 2.18. The second-order valence-electron chi connectivity index (χ2n) is 8.01. The maximum atomic E-state index is 13.3. The van der Waals surface area contributed by atoms with E-state index in [1.54, 1.807) is 16.8 Å². The minimum atomic E-state index is -0.274. The number of nitrogens with zero attached hydrogens (tertiary/aromatic N) is 3. The van der Waals surface area contributed by atoms with Gasteiger partial charge in [-0.15, -0.1) is 10.2 Å². The molecule has 0 unspecified atom stereocenters. The third-order valence-electron chi connectivity index (χ3n) is 5.75. The van der Waals surface area contributed by atoms with E-state index in [2.05, 4.69) is 20.8 Å². The van der Waals surface area contributed by atoms with Gasteiger partial charge in [0.1, 0.15) is 19.5 Å². The van der Waals surface area contributed by atoms with Gasteiger partial charge in [-0.1, -0.05) is 18.2 Å². The first-order chi connectivity index (χ1) is 16.6. The van der Waals surface area contributed by atoms with Crippen LogP contribution < -0.4 is 20.1 Å². The van der Waals surface area contributed by atoms with Crippen LogP contribution in [-0.4, -0.2) is 52.0 Å². The summed E-state index contributed by atoms with van der Waals surface area (Å²) >= 11 is 0. The average molecular weight is 460 g/mol. The highest BCUT2D eigenvalue weighted by atomic mass is 16.6. The fourth-order valence-corrected chi connectivity index (χ4v) is 4.06. The average Bonchev–Trinajstić information content (AvgIpc) is 3.33. The van der Waals surface area contributed by atoms with E-state index in [4.69, 9.17) is 14.6 Å². The molecule has 0 radical (unpaired) electrons. The predicted molar refractivity (Wildman–Crippen MR) is 127 cm³/mol. The van der Waals surface area contributed by atoms with Crippen molar-refractivity contribution in [2.75, 3.05) is 31.7 Å². The number of amides is 1. The zero-order chi connectivity index (χ0) is 23.5. The van der Waals surface area contributed by atoms with Crippen molar-refractivity contribution in [3.05, 3.63) is 71.7 Å². The van der Waals surface area contributed by atoms with Crippen molar-refractivity contribution in [3.63, 3.8) is 0 Å². The molecule has 0 atom stereocenters. The van der Waals surface area contributed by atoms with Crippen LogP contribution in [0.15, 0.2) is 55.0 Å². The Morgan fingerprint density at radius 2 is 2.00 bits per heavy atom. The molecule has 0 saturated carbocycles. The third-order valence-corrected chi connectivity index (χ3v) is 5.75. The molecule has 174 valence electrons. The summed E-state index contributed by atoms with van der Waals surface area (Å²) in [7, 11) is 0. The smallest absolute Gasteiger partial charge is 0.259 e. The number of fused-ring (bicyclic) bond motifs is 2. The first kappa shape index (κ1) is 21.9. The van der Waals surface area contributed by atoms with Gasteiger partial charge in [-0.25, -0.2) is 0 Å². The summed E-state index contributed by atoms with van der Waals surface area (Å²) in [6, 6.07) is 13.5. The molecule has 5 rings (SSSR count). The van der Waals surface area contributed by atoms with E-state index in [0.717, 1.165) is 33.8 Å². The lowest BCUT2D eigenvalue weighted by Crippen LogP contribution is -2.19. The van der Waals surface area contributed by atoms with Gasteiger partial charge in [0, 0.05) is 25.0 Å². The molecule has 0 fully saturated rings. The number of nitrogens with one attached hydrogen (secondary N) is 2. The van der Waals surface area contributed by atoms with E-state index in [-0.39, 0.29) is 12.5 Å². The van der Waals surface area contributed by atoms with Crippen LogP contribution in [0.3, 0.4) is 0 Å². The summed E-state index contributed by atoms with van der Waals surface area (Å²) in [5.41, 5.74) is 5.39. The van der Waals surface area contributed by atoms with E-state index in [1.165, 1.54) is 0 Å². The minimum Gasteiger partial charge on any atom is -0.486 e. The summed E-state index contributed by atoms with van der Waals surface area (Å²) in [6.45, 7) is 4.06. The van der Waals surface area contributed by atoms with Gasteiger partial charge in [0.2, 0.25) is 0 Å². The van der Waals surface area contributed by atoms with Crippen LogP contribution in [0.25, 0.3) is 16.8 Å². The zero-order valence-corrected chi connectivity index (χ0v) is 18.7. The van der Waals surface area contributed by atoms with Crippen LogP contribution in [0.5, 0.6) is 11.5 Å². The number of benzene rings is 2. The Hall–Kier alpha value is -3.95. The number of aliphatic hydroxyl groups is 1. The molecule has 2 aromatic heterocycles. The summed E-state index contributed by atoms with van der Waals surface area (Å²) in [4.78, 5) is 13.3. The number of anilines is 1. The Bertz CT molecular complexity index is 1350. The highest BCUT2D eigenvalue weighted by Crippen LogP contribution is 2.37. The zero-order valence-electron chi connectivity index (χ0n) is 18.7. The Balaban J connectivity index is 1.44. The topological polar surface area (TPSA) is 110 Å². The normalized spacial score (nSPS) is 12.6. The van der Waals surface area contributed by atoms with Crippen LogP contribution in [0, 0.1) is 6.92 Å². The van der Waals surface area contributed by atoms with E-state index >= 15 is 0 Å². The second-order valence-corrected chi connectivity index (χ2v) is 8.01.